The lowest BCUT2D eigenvalue weighted by Crippen LogP contribution is -2.50. The summed E-state index contributed by atoms with van der Waals surface area (Å²) in [4.78, 5) is 35.2. The largest absolute Gasteiger partial charge is 0.478 e. The number of hydrogen-bond acceptors (Lipinski definition) is 3. The molecule has 2 amide bonds. The van der Waals surface area contributed by atoms with Gasteiger partial charge in [0, 0.05) is 19.2 Å². The first-order valence-electron chi connectivity index (χ1n) is 6.24. The molecule has 1 heterocycles. The number of nitrogens with zero attached hydrogens (tertiary/aromatic N) is 1. The van der Waals surface area contributed by atoms with Gasteiger partial charge in [0.2, 0.25) is 5.91 Å². The zero-order valence-corrected chi connectivity index (χ0v) is 11.0. The van der Waals surface area contributed by atoms with Crippen LogP contribution in [0.5, 0.6) is 0 Å². The summed E-state index contributed by atoms with van der Waals surface area (Å²) in [5.41, 5.74) is 0.209. The molecule has 21 heavy (non-hydrogen) atoms. The zero-order valence-electron chi connectivity index (χ0n) is 11.0. The van der Waals surface area contributed by atoms with E-state index in [4.69, 9.17) is 5.11 Å². The van der Waals surface area contributed by atoms with Crippen molar-refractivity contribution >= 4 is 23.9 Å². The number of carbonyl (C=O) groups excluding carboxylic acids is 2. The van der Waals surface area contributed by atoms with E-state index in [1.54, 1.807) is 0 Å². The highest BCUT2D eigenvalue weighted by Gasteiger charge is 2.24. The maximum Gasteiger partial charge on any atom is 0.328 e. The number of nitrogens with one attached hydrogen (secondary N) is 1. The van der Waals surface area contributed by atoms with E-state index in [-0.39, 0.29) is 18.0 Å². The normalized spacial score (nSPS) is 15.1. The average Bonchev–Trinajstić information content (AvgIpc) is 2.45. The highest BCUT2D eigenvalue weighted by molar-refractivity contribution is 5.98. The maximum absolute atomic E-state index is 13.8. The van der Waals surface area contributed by atoms with Gasteiger partial charge in [0.1, 0.15) is 5.82 Å². The van der Waals surface area contributed by atoms with Crippen LogP contribution in [-0.2, 0) is 9.59 Å². The van der Waals surface area contributed by atoms with Crippen LogP contribution in [-0.4, -0.2) is 47.4 Å². The van der Waals surface area contributed by atoms with Crippen LogP contribution in [0.1, 0.15) is 15.9 Å². The molecule has 1 saturated heterocycles. The Morgan fingerprint density at radius 2 is 2.14 bits per heavy atom. The Hall–Kier alpha value is -2.70. The number of carbonyl (C=O) groups is 3. The van der Waals surface area contributed by atoms with Crippen LogP contribution in [0.2, 0.25) is 0 Å². The third-order valence-electron chi connectivity index (χ3n) is 2.96. The molecule has 1 aromatic rings. The van der Waals surface area contributed by atoms with Gasteiger partial charge in [0.05, 0.1) is 12.1 Å². The second-order valence-electron chi connectivity index (χ2n) is 4.49. The topological polar surface area (TPSA) is 86.7 Å². The number of amides is 2. The van der Waals surface area contributed by atoms with Crippen LogP contribution in [0.3, 0.4) is 0 Å². The third-order valence-corrected chi connectivity index (χ3v) is 2.96. The van der Waals surface area contributed by atoms with Crippen molar-refractivity contribution in [3.63, 3.8) is 0 Å². The Bertz CT molecular complexity index is 627. The molecular formula is C14H13FN2O4. The fourth-order valence-electron chi connectivity index (χ4n) is 1.96. The molecule has 0 radical (unpaired) electrons. The average molecular weight is 292 g/mol. The predicted molar refractivity (Wildman–Crippen MR) is 72.0 cm³/mol. The van der Waals surface area contributed by atoms with Crippen LogP contribution in [0.4, 0.5) is 4.39 Å². The van der Waals surface area contributed by atoms with Gasteiger partial charge in [-0.15, -0.1) is 0 Å². The Labute approximate surface area is 119 Å². The minimum atomic E-state index is -1.14. The van der Waals surface area contributed by atoms with Gasteiger partial charge >= 0.3 is 5.97 Å². The van der Waals surface area contributed by atoms with E-state index in [9.17, 15) is 18.8 Å². The second-order valence-corrected chi connectivity index (χ2v) is 4.49. The second kappa shape index (κ2) is 6.17. The number of aliphatic carboxylic acids is 1. The van der Waals surface area contributed by atoms with Crippen LogP contribution < -0.4 is 5.32 Å². The SMILES string of the molecule is O=C(O)C=Cc1ccc(F)c(C(=O)N2CCNC(=O)C2)c1. The van der Waals surface area contributed by atoms with Crippen molar-refractivity contribution in [2.75, 3.05) is 19.6 Å². The number of rotatable bonds is 3. The molecule has 1 aromatic carbocycles. The minimum absolute atomic E-state index is 0.118. The highest BCUT2D eigenvalue weighted by atomic mass is 19.1. The summed E-state index contributed by atoms with van der Waals surface area (Å²) in [6, 6.07) is 3.73. The lowest BCUT2D eigenvalue weighted by Gasteiger charge is -2.26. The van der Waals surface area contributed by atoms with E-state index in [1.165, 1.54) is 23.1 Å². The number of halogens is 1. The molecule has 110 valence electrons. The van der Waals surface area contributed by atoms with Crippen molar-refractivity contribution in [1.29, 1.82) is 0 Å². The summed E-state index contributed by atoms with van der Waals surface area (Å²) < 4.78 is 13.8. The van der Waals surface area contributed by atoms with Crippen molar-refractivity contribution in [1.82, 2.24) is 10.2 Å². The molecule has 1 aliphatic rings. The monoisotopic (exact) mass is 292 g/mol. The number of benzene rings is 1. The van der Waals surface area contributed by atoms with Gasteiger partial charge in [-0.05, 0) is 23.8 Å². The molecule has 6 nitrogen and oxygen atoms in total. The fourth-order valence-corrected chi connectivity index (χ4v) is 1.96. The number of piperazine rings is 1. The van der Waals surface area contributed by atoms with Crippen molar-refractivity contribution in [3.05, 3.63) is 41.2 Å². The van der Waals surface area contributed by atoms with E-state index >= 15 is 0 Å². The third kappa shape index (κ3) is 3.65. The molecule has 0 atom stereocenters. The molecule has 7 heteroatoms. The standard InChI is InChI=1S/C14H13FN2O4/c15-11-3-1-9(2-4-13(19)20)7-10(11)14(21)17-6-5-16-12(18)8-17/h1-4,7H,5-6,8H2,(H,16,18)(H,19,20). The van der Waals surface area contributed by atoms with E-state index in [2.05, 4.69) is 5.32 Å². The van der Waals surface area contributed by atoms with E-state index < -0.39 is 17.7 Å². The Kier molecular flexibility index (Phi) is 4.32. The molecule has 0 aromatic heterocycles. The summed E-state index contributed by atoms with van der Waals surface area (Å²) >= 11 is 0. The molecule has 2 N–H and O–H groups in total. The maximum atomic E-state index is 13.8. The number of carboxylic acids is 1. The predicted octanol–water partition coefficient (Wildman–Crippen LogP) is 0.496. The highest BCUT2D eigenvalue weighted by Crippen LogP contribution is 2.15. The first-order chi connectivity index (χ1) is 9.97. The van der Waals surface area contributed by atoms with Gasteiger partial charge in [-0.1, -0.05) is 6.07 Å². The summed E-state index contributed by atoms with van der Waals surface area (Å²) in [5, 5.41) is 11.1. The first-order valence-corrected chi connectivity index (χ1v) is 6.24. The molecule has 0 aliphatic carbocycles. The number of hydrogen-bond donors (Lipinski definition) is 2. The van der Waals surface area contributed by atoms with Crippen LogP contribution in [0.15, 0.2) is 24.3 Å². The Morgan fingerprint density at radius 1 is 1.38 bits per heavy atom. The summed E-state index contributed by atoms with van der Waals surface area (Å²) in [6.45, 7) is 0.511. The van der Waals surface area contributed by atoms with E-state index in [0.29, 0.717) is 18.7 Å². The minimum Gasteiger partial charge on any atom is -0.478 e. The Balaban J connectivity index is 2.25. The molecule has 0 spiro atoms. The molecule has 0 bridgehead atoms. The van der Waals surface area contributed by atoms with Crippen molar-refractivity contribution in [2.45, 2.75) is 0 Å². The summed E-state index contributed by atoms with van der Waals surface area (Å²) in [7, 11) is 0. The van der Waals surface area contributed by atoms with Gasteiger partial charge in [-0.2, -0.15) is 0 Å². The van der Waals surface area contributed by atoms with Gasteiger partial charge in [-0.25, -0.2) is 9.18 Å². The molecule has 0 unspecified atom stereocenters. The quantitative estimate of drug-likeness (QED) is 0.794. The Morgan fingerprint density at radius 3 is 2.81 bits per heavy atom. The van der Waals surface area contributed by atoms with E-state index in [1.807, 2.05) is 0 Å². The fraction of sp³-hybridized carbons (Fsp3) is 0.214. The van der Waals surface area contributed by atoms with Crippen molar-refractivity contribution in [2.24, 2.45) is 0 Å². The zero-order chi connectivity index (χ0) is 15.4. The van der Waals surface area contributed by atoms with Gasteiger partial charge in [0.25, 0.3) is 5.91 Å². The molecule has 2 rings (SSSR count). The molecule has 1 fully saturated rings. The van der Waals surface area contributed by atoms with Gasteiger partial charge in [0.15, 0.2) is 0 Å². The lowest BCUT2D eigenvalue weighted by molar-refractivity contribution is -0.131. The smallest absolute Gasteiger partial charge is 0.328 e. The van der Waals surface area contributed by atoms with Crippen molar-refractivity contribution in [3.8, 4) is 0 Å². The summed E-state index contributed by atoms with van der Waals surface area (Å²) in [5.74, 6) is -2.73. The molecular weight excluding hydrogens is 279 g/mol. The van der Waals surface area contributed by atoms with Crippen molar-refractivity contribution < 1.29 is 23.9 Å². The van der Waals surface area contributed by atoms with Gasteiger partial charge < -0.3 is 15.3 Å². The van der Waals surface area contributed by atoms with Crippen LogP contribution in [0.25, 0.3) is 6.08 Å². The van der Waals surface area contributed by atoms with E-state index in [0.717, 1.165) is 12.1 Å². The van der Waals surface area contributed by atoms with Crippen LogP contribution in [0, 0.1) is 5.82 Å². The van der Waals surface area contributed by atoms with Crippen LogP contribution >= 0.6 is 0 Å². The molecule has 0 saturated carbocycles. The lowest BCUT2D eigenvalue weighted by atomic mass is 10.1. The van der Waals surface area contributed by atoms with Gasteiger partial charge in [-0.3, -0.25) is 9.59 Å². The molecule has 1 aliphatic heterocycles. The first kappa shape index (κ1) is 14.7. The summed E-state index contributed by atoms with van der Waals surface area (Å²) in [6.07, 6.45) is 2.16. The number of carboxylic acid groups (broad SMARTS) is 1.